The normalized spacial score (nSPS) is 18.2. The van der Waals surface area contributed by atoms with Crippen molar-refractivity contribution in [2.45, 2.75) is 12.6 Å². The summed E-state index contributed by atoms with van der Waals surface area (Å²) in [5.41, 5.74) is -0.635. The fraction of sp³-hybridized carbons (Fsp3) is 0.238. The second kappa shape index (κ2) is 8.56. The van der Waals surface area contributed by atoms with Crippen LogP contribution in [0.4, 0.5) is 27.5 Å². The van der Waals surface area contributed by atoms with E-state index in [1.54, 1.807) is 0 Å². The van der Waals surface area contributed by atoms with E-state index in [0.717, 1.165) is 28.4 Å². The summed E-state index contributed by atoms with van der Waals surface area (Å²) in [5, 5.41) is 4.18. The number of urea groups is 1. The number of hydrogen-bond donors (Lipinski definition) is 1. The summed E-state index contributed by atoms with van der Waals surface area (Å²) in [7, 11) is 2.82. The number of allylic oxidation sites excluding steroid dienone is 1. The highest BCUT2D eigenvalue weighted by atomic mass is 32.1. The van der Waals surface area contributed by atoms with Gasteiger partial charge < -0.3 is 5.32 Å². The number of aromatic nitrogens is 1. The number of carbonyl (C=O) groups excluding carboxylic acids is 3. The van der Waals surface area contributed by atoms with E-state index < -0.39 is 41.3 Å². The van der Waals surface area contributed by atoms with E-state index in [0.29, 0.717) is 11.6 Å². The van der Waals surface area contributed by atoms with Gasteiger partial charge in [-0.2, -0.15) is 22.6 Å². The Morgan fingerprint density at radius 2 is 2.03 bits per heavy atom. The summed E-state index contributed by atoms with van der Waals surface area (Å²) in [6, 6.07) is 1.93. The number of anilines is 1. The fourth-order valence-electron chi connectivity index (χ4n) is 3.58. The molecule has 0 fully saturated rings. The summed E-state index contributed by atoms with van der Waals surface area (Å²) in [4.78, 5) is 46.6. The van der Waals surface area contributed by atoms with Crippen LogP contribution in [0.1, 0.15) is 12.0 Å². The second-order valence-corrected chi connectivity index (χ2v) is 8.36. The quantitative estimate of drug-likeness (QED) is 0.520. The minimum Gasteiger partial charge on any atom is -0.302 e. The Hall–Kier alpha value is -3.74. The summed E-state index contributed by atoms with van der Waals surface area (Å²) in [5.74, 6) is -3.10. The third-order valence-corrected chi connectivity index (χ3v) is 6.06. The average molecular weight is 494 g/mol. The molecule has 0 bridgehead atoms. The lowest BCUT2D eigenvalue weighted by atomic mass is 9.90. The van der Waals surface area contributed by atoms with Gasteiger partial charge in [0.25, 0.3) is 5.84 Å². The number of nitrogens with zero attached hydrogens (tertiary/aromatic N) is 4. The van der Waals surface area contributed by atoms with Crippen LogP contribution in [0.5, 0.6) is 0 Å². The molecule has 0 radical (unpaired) electrons. The first-order valence-electron chi connectivity index (χ1n) is 9.75. The number of halogens is 4. The Balaban J connectivity index is 1.48. The Morgan fingerprint density at radius 1 is 1.29 bits per heavy atom. The molecule has 176 valence electrons. The first-order chi connectivity index (χ1) is 16.0. The first-order valence-corrected chi connectivity index (χ1v) is 10.6. The van der Waals surface area contributed by atoms with Gasteiger partial charge in [0.15, 0.2) is 11.0 Å². The maximum Gasteiger partial charge on any atom is 0.445 e. The number of imide groups is 1. The number of dihydropyridines is 1. The number of alkyl halides is 3. The maximum absolute atomic E-state index is 13.9. The number of rotatable bonds is 4. The molecule has 34 heavy (non-hydrogen) atoms. The van der Waals surface area contributed by atoms with Crippen molar-refractivity contribution in [2.24, 2.45) is 10.9 Å². The van der Waals surface area contributed by atoms with E-state index in [2.05, 4.69) is 15.3 Å². The smallest absolute Gasteiger partial charge is 0.302 e. The van der Waals surface area contributed by atoms with E-state index in [9.17, 15) is 31.9 Å². The number of aliphatic imine (C=N–C) groups is 1. The Morgan fingerprint density at radius 3 is 2.71 bits per heavy atom. The molecule has 1 aromatic heterocycles. The molecule has 4 amide bonds. The highest BCUT2D eigenvalue weighted by molar-refractivity contribution is 7.14. The third kappa shape index (κ3) is 4.25. The zero-order valence-corrected chi connectivity index (χ0v) is 18.5. The minimum atomic E-state index is -4.81. The van der Waals surface area contributed by atoms with Gasteiger partial charge in [0.1, 0.15) is 12.0 Å². The van der Waals surface area contributed by atoms with E-state index >= 15 is 0 Å². The fourth-order valence-corrected chi connectivity index (χ4v) is 4.32. The molecule has 1 atom stereocenters. The summed E-state index contributed by atoms with van der Waals surface area (Å²) < 4.78 is 53.4. The van der Waals surface area contributed by atoms with Gasteiger partial charge in [-0.1, -0.05) is 6.07 Å². The van der Waals surface area contributed by atoms with Crippen LogP contribution in [0.25, 0.3) is 11.3 Å². The molecular weight excluding hydrogens is 478 g/mol. The standard InChI is InChI=1S/C21H15F4N5O3S/c1-29-17-16(18(32)30(2)20(29)33)11(5-6-26-17)8-15(31)28-19-27-14(9-34-19)10-3-4-12(13(22)7-10)21(23,24)25/h3-7,9,16H,8H2,1-2H3/p+1. The Bertz CT molecular complexity index is 1310. The van der Waals surface area contributed by atoms with Gasteiger partial charge in [-0.15, -0.1) is 16.3 Å². The molecule has 0 spiro atoms. The monoisotopic (exact) mass is 494 g/mol. The van der Waals surface area contributed by atoms with Crippen LogP contribution < -0.4 is 5.32 Å². The van der Waals surface area contributed by atoms with Crippen molar-refractivity contribution in [1.82, 2.24) is 9.88 Å². The number of benzene rings is 1. The van der Waals surface area contributed by atoms with Crippen molar-refractivity contribution in [3.05, 3.63) is 46.6 Å². The topological polar surface area (TPSA) is 94.7 Å². The van der Waals surface area contributed by atoms with E-state index in [-0.39, 0.29) is 28.6 Å². The van der Waals surface area contributed by atoms with Crippen LogP contribution in [0, 0.1) is 11.7 Å². The number of fused-ring (bicyclic) bond motifs is 1. The molecule has 4 rings (SSSR count). The molecule has 2 aromatic rings. The summed E-state index contributed by atoms with van der Waals surface area (Å²) in [6.07, 6.45) is -2.07. The average Bonchev–Trinajstić information content (AvgIpc) is 3.23. The van der Waals surface area contributed by atoms with Gasteiger partial charge in [-0.25, -0.2) is 14.2 Å². The lowest BCUT2D eigenvalue weighted by Crippen LogP contribution is -2.52. The van der Waals surface area contributed by atoms with Crippen LogP contribution in [-0.2, 0) is 15.8 Å². The van der Waals surface area contributed by atoms with Crippen molar-refractivity contribution in [3.8, 4) is 11.3 Å². The first kappa shape index (κ1) is 23.4. The van der Waals surface area contributed by atoms with Crippen molar-refractivity contribution < 1.29 is 36.5 Å². The minimum absolute atomic E-state index is 0.122. The molecule has 8 nitrogen and oxygen atoms in total. The van der Waals surface area contributed by atoms with Gasteiger partial charge in [-0.3, -0.25) is 9.59 Å². The second-order valence-electron chi connectivity index (χ2n) is 7.51. The van der Waals surface area contributed by atoms with Crippen molar-refractivity contribution >= 4 is 46.4 Å². The molecule has 2 aliphatic rings. The molecule has 0 saturated heterocycles. The van der Waals surface area contributed by atoms with Crippen LogP contribution >= 0.6 is 11.3 Å². The number of amides is 4. The SMILES string of the molecule is CN1C(=O)C2C(CC(=O)Nc3nc(-c4ccc(C(F)(F)F)c(F)c4)cs3)=CC=NC2=[N+](C)C1=O. The van der Waals surface area contributed by atoms with Gasteiger partial charge >= 0.3 is 18.1 Å². The Labute approximate surface area is 193 Å². The van der Waals surface area contributed by atoms with Gasteiger partial charge in [0.05, 0.1) is 25.4 Å². The van der Waals surface area contributed by atoms with Gasteiger partial charge in [-0.05, 0) is 23.8 Å². The molecule has 1 aromatic carbocycles. The molecule has 13 heteroatoms. The molecule has 2 aliphatic heterocycles. The predicted molar refractivity (Wildman–Crippen MR) is 115 cm³/mol. The van der Waals surface area contributed by atoms with Gasteiger partial charge in [0.2, 0.25) is 5.91 Å². The molecular formula is C21H16F4N5O3S+. The zero-order valence-electron chi connectivity index (χ0n) is 17.7. The summed E-state index contributed by atoms with van der Waals surface area (Å²) in [6.45, 7) is 0. The third-order valence-electron chi connectivity index (χ3n) is 5.30. The lowest BCUT2D eigenvalue weighted by Gasteiger charge is -2.26. The van der Waals surface area contributed by atoms with Crippen molar-refractivity contribution in [2.75, 3.05) is 19.4 Å². The molecule has 0 saturated carbocycles. The number of thiazole rings is 1. The van der Waals surface area contributed by atoms with E-state index in [1.165, 1.54) is 36.3 Å². The maximum atomic E-state index is 13.9. The number of amidine groups is 1. The summed E-state index contributed by atoms with van der Waals surface area (Å²) >= 11 is 1.01. The number of carbonyl (C=O) groups is 3. The van der Waals surface area contributed by atoms with Crippen molar-refractivity contribution in [3.63, 3.8) is 0 Å². The highest BCUT2D eigenvalue weighted by Crippen LogP contribution is 2.34. The van der Waals surface area contributed by atoms with Crippen LogP contribution in [-0.4, -0.2) is 58.5 Å². The molecule has 1 unspecified atom stereocenters. The van der Waals surface area contributed by atoms with Crippen molar-refractivity contribution in [1.29, 1.82) is 0 Å². The van der Waals surface area contributed by atoms with E-state index in [4.69, 9.17) is 0 Å². The molecule has 0 aliphatic carbocycles. The zero-order chi connectivity index (χ0) is 24.8. The van der Waals surface area contributed by atoms with Crippen LogP contribution in [0.15, 0.2) is 40.2 Å². The molecule has 1 N–H and O–H groups in total. The number of hydrogen-bond acceptors (Lipinski definition) is 6. The molecule has 3 heterocycles. The largest absolute Gasteiger partial charge is 0.445 e. The van der Waals surface area contributed by atoms with E-state index in [1.807, 2.05) is 0 Å². The van der Waals surface area contributed by atoms with Crippen LogP contribution in [0.2, 0.25) is 0 Å². The van der Waals surface area contributed by atoms with Crippen LogP contribution in [0.3, 0.4) is 0 Å². The Kier molecular flexibility index (Phi) is 5.89. The van der Waals surface area contributed by atoms with Gasteiger partial charge in [0, 0.05) is 17.4 Å². The highest BCUT2D eigenvalue weighted by Gasteiger charge is 2.47. The lowest BCUT2D eigenvalue weighted by molar-refractivity contribution is -0.407. The predicted octanol–water partition coefficient (Wildman–Crippen LogP) is 3.56. The number of nitrogens with one attached hydrogen (secondary N) is 1.